The molecular formula is C19H29NO2. The van der Waals surface area contributed by atoms with E-state index in [0.717, 1.165) is 32.1 Å². The fourth-order valence-electron chi connectivity index (χ4n) is 6.10. The largest absolute Gasteiger partial charge is 0.392 e. The van der Waals surface area contributed by atoms with Crippen LogP contribution in [-0.2, 0) is 0 Å². The average Bonchev–Trinajstić information content (AvgIpc) is 2.77. The number of aliphatic hydroxyl groups excluding tert-OH is 2. The van der Waals surface area contributed by atoms with Crippen LogP contribution in [-0.4, -0.2) is 28.5 Å². The van der Waals surface area contributed by atoms with E-state index in [2.05, 4.69) is 26.0 Å². The van der Waals surface area contributed by atoms with Crippen LogP contribution in [0.2, 0.25) is 0 Å². The molecule has 0 radical (unpaired) electrons. The van der Waals surface area contributed by atoms with Gasteiger partial charge in [-0.1, -0.05) is 37.6 Å². The molecule has 4 aliphatic rings. The van der Waals surface area contributed by atoms with Gasteiger partial charge < -0.3 is 15.9 Å². The smallest absolute Gasteiger partial charge is 0.0724 e. The first-order valence-electron chi connectivity index (χ1n) is 8.88. The summed E-state index contributed by atoms with van der Waals surface area (Å²) in [5.41, 5.74) is 8.00. The lowest BCUT2D eigenvalue weighted by Gasteiger charge is -2.56. The highest BCUT2D eigenvalue weighted by molar-refractivity contribution is 5.35. The molecule has 4 N–H and O–H groups in total. The van der Waals surface area contributed by atoms with E-state index >= 15 is 0 Å². The van der Waals surface area contributed by atoms with Gasteiger partial charge in [-0.25, -0.2) is 0 Å². The van der Waals surface area contributed by atoms with Crippen LogP contribution in [0.25, 0.3) is 0 Å². The van der Waals surface area contributed by atoms with Gasteiger partial charge in [-0.05, 0) is 49.4 Å². The van der Waals surface area contributed by atoms with Crippen molar-refractivity contribution < 1.29 is 10.2 Å². The Labute approximate surface area is 133 Å². The van der Waals surface area contributed by atoms with E-state index in [-0.39, 0.29) is 35.0 Å². The Balaban J connectivity index is 1.78. The van der Waals surface area contributed by atoms with E-state index in [1.165, 1.54) is 5.57 Å². The molecule has 0 spiro atoms. The molecule has 22 heavy (non-hydrogen) atoms. The lowest BCUT2D eigenvalue weighted by Crippen LogP contribution is -2.53. The topological polar surface area (TPSA) is 66.5 Å². The van der Waals surface area contributed by atoms with Crippen LogP contribution in [0.1, 0.15) is 46.0 Å². The number of aliphatic hydroxyl groups is 2. The minimum atomic E-state index is -0.351. The first-order valence-corrected chi connectivity index (χ1v) is 8.88. The van der Waals surface area contributed by atoms with Crippen LogP contribution >= 0.6 is 0 Å². The zero-order chi connectivity index (χ0) is 15.7. The Morgan fingerprint density at radius 2 is 1.95 bits per heavy atom. The second kappa shape index (κ2) is 4.68. The maximum atomic E-state index is 10.9. The number of fused-ring (bicyclic) bond motifs is 5. The van der Waals surface area contributed by atoms with Crippen molar-refractivity contribution in [3.63, 3.8) is 0 Å². The van der Waals surface area contributed by atoms with Crippen molar-refractivity contribution >= 4 is 0 Å². The van der Waals surface area contributed by atoms with Gasteiger partial charge in [0.05, 0.1) is 12.2 Å². The number of hydrogen-bond acceptors (Lipinski definition) is 3. The van der Waals surface area contributed by atoms with Crippen LogP contribution in [0.3, 0.4) is 0 Å². The fourth-order valence-corrected chi connectivity index (χ4v) is 6.10. The van der Waals surface area contributed by atoms with Crippen molar-refractivity contribution in [2.24, 2.45) is 34.3 Å². The highest BCUT2D eigenvalue weighted by atomic mass is 16.3. The van der Waals surface area contributed by atoms with Gasteiger partial charge >= 0.3 is 0 Å². The van der Waals surface area contributed by atoms with E-state index in [4.69, 9.17) is 5.73 Å². The Hall–Kier alpha value is -0.640. The highest BCUT2D eigenvalue weighted by Crippen LogP contribution is 2.62. The minimum absolute atomic E-state index is 0.0111. The maximum absolute atomic E-state index is 10.9. The zero-order valence-electron chi connectivity index (χ0n) is 13.7. The Morgan fingerprint density at radius 1 is 1.18 bits per heavy atom. The van der Waals surface area contributed by atoms with Crippen LogP contribution in [0.4, 0.5) is 0 Å². The van der Waals surface area contributed by atoms with Crippen molar-refractivity contribution in [2.45, 2.75) is 64.2 Å². The third-order valence-corrected chi connectivity index (χ3v) is 7.64. The molecule has 0 aromatic rings. The molecule has 8 atom stereocenters. The van der Waals surface area contributed by atoms with Gasteiger partial charge in [0.2, 0.25) is 0 Å². The third-order valence-electron chi connectivity index (χ3n) is 7.64. The summed E-state index contributed by atoms with van der Waals surface area (Å²) in [7, 11) is 0. The lowest BCUT2D eigenvalue weighted by atomic mass is 9.49. The molecule has 0 amide bonds. The second-order valence-electron chi connectivity index (χ2n) is 8.63. The molecule has 1 unspecified atom stereocenters. The summed E-state index contributed by atoms with van der Waals surface area (Å²) in [6.45, 7) is 4.63. The summed E-state index contributed by atoms with van der Waals surface area (Å²) in [4.78, 5) is 0. The van der Waals surface area contributed by atoms with E-state index in [0.29, 0.717) is 11.8 Å². The second-order valence-corrected chi connectivity index (χ2v) is 8.63. The van der Waals surface area contributed by atoms with Crippen molar-refractivity contribution in [3.05, 3.63) is 23.8 Å². The van der Waals surface area contributed by atoms with Crippen LogP contribution < -0.4 is 5.73 Å². The number of hydrogen-bond donors (Lipinski definition) is 3. The van der Waals surface area contributed by atoms with Crippen LogP contribution in [0.5, 0.6) is 0 Å². The van der Waals surface area contributed by atoms with E-state index in [9.17, 15) is 10.2 Å². The summed E-state index contributed by atoms with van der Waals surface area (Å²) in [6.07, 6.45) is 10.8. The van der Waals surface area contributed by atoms with Gasteiger partial charge in [-0.15, -0.1) is 0 Å². The Kier molecular flexibility index (Phi) is 3.18. The quantitative estimate of drug-likeness (QED) is 0.602. The molecule has 0 heterocycles. The number of allylic oxidation sites excluding steroid dienone is 2. The Bertz CT molecular complexity index is 542. The molecule has 2 fully saturated rings. The Morgan fingerprint density at radius 3 is 2.73 bits per heavy atom. The van der Waals surface area contributed by atoms with Gasteiger partial charge in [0, 0.05) is 17.4 Å². The zero-order valence-corrected chi connectivity index (χ0v) is 13.7. The predicted octanol–water partition coefficient (Wildman–Crippen LogP) is 2.38. The van der Waals surface area contributed by atoms with E-state index < -0.39 is 0 Å². The van der Waals surface area contributed by atoms with Gasteiger partial charge in [0.25, 0.3) is 0 Å². The summed E-state index contributed by atoms with van der Waals surface area (Å²) in [6, 6.07) is 0.261. The monoisotopic (exact) mass is 303 g/mol. The van der Waals surface area contributed by atoms with Crippen molar-refractivity contribution in [1.29, 1.82) is 0 Å². The fraction of sp³-hybridized carbons (Fsp3) is 0.789. The first-order chi connectivity index (χ1) is 10.4. The minimum Gasteiger partial charge on any atom is -0.392 e. The molecule has 4 rings (SSSR count). The molecule has 0 bridgehead atoms. The third kappa shape index (κ3) is 1.79. The molecule has 0 aromatic heterocycles. The number of nitrogens with two attached hydrogens (primary N) is 1. The SMILES string of the molecule is C[C@]12CC=C3[C@@H]([C@@H](O)CC4C[C@@H](O)C=C[C@]34C)[C@@H]1CC[C@@H]2N. The first kappa shape index (κ1) is 14.9. The van der Waals surface area contributed by atoms with E-state index in [1.54, 1.807) is 0 Å². The average molecular weight is 303 g/mol. The number of rotatable bonds is 0. The molecule has 122 valence electrons. The molecule has 3 heteroatoms. The molecule has 0 saturated heterocycles. The summed E-state index contributed by atoms with van der Waals surface area (Å²) < 4.78 is 0. The van der Waals surface area contributed by atoms with Crippen molar-refractivity contribution in [2.75, 3.05) is 0 Å². The lowest BCUT2D eigenvalue weighted by molar-refractivity contribution is -0.0340. The highest BCUT2D eigenvalue weighted by Gasteiger charge is 2.58. The maximum Gasteiger partial charge on any atom is 0.0724 e. The summed E-state index contributed by atoms with van der Waals surface area (Å²) in [5, 5.41) is 20.9. The van der Waals surface area contributed by atoms with Crippen LogP contribution in [0, 0.1) is 28.6 Å². The normalized spacial score (nSPS) is 56.9. The standard InChI is InChI=1S/C19H29NO2/c1-18-7-5-12(21)9-11(18)10-15(22)17-13-3-4-16(20)19(13,2)8-6-14(17)18/h5-7,11-13,15-17,21-22H,3-4,8-10,20H2,1-2H3/t11?,12-,13-,15-,16-,17-,18-,19-/m0/s1. The molecule has 0 aliphatic heterocycles. The van der Waals surface area contributed by atoms with Crippen molar-refractivity contribution in [3.8, 4) is 0 Å². The van der Waals surface area contributed by atoms with E-state index in [1.807, 2.05) is 6.08 Å². The van der Waals surface area contributed by atoms with Crippen LogP contribution in [0.15, 0.2) is 23.8 Å². The predicted molar refractivity (Wildman–Crippen MR) is 87.0 cm³/mol. The van der Waals surface area contributed by atoms with Gasteiger partial charge in [0.1, 0.15) is 0 Å². The molecule has 4 aliphatic carbocycles. The summed E-state index contributed by atoms with van der Waals surface area (Å²) >= 11 is 0. The molecule has 0 aromatic carbocycles. The van der Waals surface area contributed by atoms with Crippen molar-refractivity contribution in [1.82, 2.24) is 0 Å². The van der Waals surface area contributed by atoms with Gasteiger partial charge in [-0.2, -0.15) is 0 Å². The summed E-state index contributed by atoms with van der Waals surface area (Å²) in [5.74, 6) is 1.12. The molecule has 3 nitrogen and oxygen atoms in total. The van der Waals surface area contributed by atoms with Gasteiger partial charge in [0.15, 0.2) is 0 Å². The molecule has 2 saturated carbocycles. The van der Waals surface area contributed by atoms with Gasteiger partial charge in [-0.3, -0.25) is 0 Å². The molecular weight excluding hydrogens is 274 g/mol.